The number of methoxy groups -OCH3 is 1. The van der Waals surface area contributed by atoms with E-state index in [-0.39, 0.29) is 6.10 Å². The molecule has 0 saturated heterocycles. The van der Waals surface area contributed by atoms with E-state index in [4.69, 9.17) is 14.2 Å². The van der Waals surface area contributed by atoms with Crippen LogP contribution in [-0.2, 0) is 16.6 Å². The van der Waals surface area contributed by atoms with E-state index in [9.17, 15) is 13.5 Å². The van der Waals surface area contributed by atoms with Crippen molar-refractivity contribution in [2.45, 2.75) is 18.9 Å². The van der Waals surface area contributed by atoms with Crippen LogP contribution in [-0.4, -0.2) is 25.6 Å². The molecule has 0 bridgehead atoms. The minimum absolute atomic E-state index is 0.149. The highest BCUT2D eigenvalue weighted by Crippen LogP contribution is 2.41. The number of ether oxygens (including phenoxy) is 3. The van der Waals surface area contributed by atoms with E-state index in [1.807, 2.05) is 22.9 Å². The topological polar surface area (TPSA) is 110 Å². The Morgan fingerprint density at radius 2 is 1.88 bits per heavy atom. The highest BCUT2D eigenvalue weighted by Gasteiger charge is 2.29. The fraction of sp³-hybridized carbons (Fsp3) is 0.174. The van der Waals surface area contributed by atoms with E-state index in [1.54, 1.807) is 49.7 Å². The molecule has 0 radical (unpaired) electrons. The Bertz CT molecular complexity index is 1310. The summed E-state index contributed by atoms with van der Waals surface area (Å²) in [6.45, 7) is 0. The first-order chi connectivity index (χ1) is 15.9. The molecule has 0 saturated carbocycles. The Morgan fingerprint density at radius 1 is 1.09 bits per heavy atom. The Balaban J connectivity index is 1.31. The summed E-state index contributed by atoms with van der Waals surface area (Å²) in [4.78, 5) is 4.17. The van der Waals surface area contributed by atoms with Crippen LogP contribution in [0, 0.1) is 0 Å². The van der Waals surface area contributed by atoms with Gasteiger partial charge in [-0.1, -0.05) is 12.1 Å². The maximum absolute atomic E-state index is 12.0. The Morgan fingerprint density at radius 3 is 2.55 bits per heavy atom. The predicted octanol–water partition coefficient (Wildman–Crippen LogP) is 3.96. The Labute approximate surface area is 191 Å². The molecule has 0 amide bonds. The van der Waals surface area contributed by atoms with Gasteiger partial charge in [-0.25, -0.2) is 14.0 Å². The lowest BCUT2D eigenvalue weighted by atomic mass is 10.1. The van der Waals surface area contributed by atoms with Gasteiger partial charge in [-0.3, -0.25) is 0 Å². The van der Waals surface area contributed by atoms with Gasteiger partial charge in [0.25, 0.3) is 0 Å². The first-order valence-corrected chi connectivity index (χ1v) is 11.7. The quantitative estimate of drug-likeness (QED) is 0.565. The minimum atomic E-state index is -3.82. The van der Waals surface area contributed by atoms with Crippen LogP contribution in [0.2, 0.25) is 0 Å². The van der Waals surface area contributed by atoms with Gasteiger partial charge in [0.15, 0.2) is 0 Å². The molecule has 3 aromatic rings. The zero-order valence-corrected chi connectivity index (χ0v) is 18.5. The maximum atomic E-state index is 12.0. The lowest BCUT2D eigenvalue weighted by molar-refractivity contribution is 0.207. The SMILES string of the molecule is COc1ccc(Oc2cccc3c2CC[C@H]3Oc2ccc(N3C=C(O)NS3(=O)=O)cc2)cn1. The summed E-state index contributed by atoms with van der Waals surface area (Å²) in [5.41, 5.74) is 2.52. The molecule has 9 nitrogen and oxygen atoms in total. The van der Waals surface area contributed by atoms with Crippen LogP contribution >= 0.6 is 0 Å². The number of nitrogens with one attached hydrogen (secondary N) is 1. The van der Waals surface area contributed by atoms with E-state index in [0.717, 1.165) is 40.2 Å². The number of pyridine rings is 1. The van der Waals surface area contributed by atoms with E-state index in [1.165, 1.54) is 0 Å². The van der Waals surface area contributed by atoms with Crippen molar-refractivity contribution >= 4 is 15.9 Å². The smallest absolute Gasteiger partial charge is 0.330 e. The average Bonchev–Trinajstić information content (AvgIpc) is 3.34. The molecule has 10 heteroatoms. The summed E-state index contributed by atoms with van der Waals surface area (Å²) >= 11 is 0. The van der Waals surface area contributed by atoms with E-state index < -0.39 is 16.1 Å². The molecule has 2 aromatic carbocycles. The number of benzene rings is 2. The van der Waals surface area contributed by atoms with Crippen molar-refractivity contribution in [1.29, 1.82) is 0 Å². The normalized spacial score (nSPS) is 18.3. The fourth-order valence-electron chi connectivity index (χ4n) is 3.91. The van der Waals surface area contributed by atoms with Crippen molar-refractivity contribution in [2.24, 2.45) is 0 Å². The van der Waals surface area contributed by atoms with E-state index >= 15 is 0 Å². The molecule has 170 valence electrons. The molecule has 2 aliphatic rings. The number of aliphatic hydroxyl groups is 1. The standard InChI is InChI=1S/C23H21N3O6S/c1-30-23-12-9-17(13-24-23)32-20-4-2-3-18-19(20)10-11-21(18)31-16-7-5-15(6-8-16)26-14-22(27)25-33(26,28)29/h2-9,12-14,21,25,27H,10-11H2,1H3/t21-/m1/s1. The minimum Gasteiger partial charge on any atom is -0.493 e. The molecule has 33 heavy (non-hydrogen) atoms. The van der Waals surface area contributed by atoms with Crippen molar-refractivity contribution < 1.29 is 27.7 Å². The summed E-state index contributed by atoms with van der Waals surface area (Å²) in [7, 11) is -2.26. The molecule has 2 N–H and O–H groups in total. The first-order valence-electron chi connectivity index (χ1n) is 10.2. The largest absolute Gasteiger partial charge is 0.493 e. The number of anilines is 1. The third-order valence-electron chi connectivity index (χ3n) is 5.42. The molecule has 5 rings (SSSR count). The van der Waals surface area contributed by atoms with Gasteiger partial charge in [0.1, 0.15) is 23.4 Å². The molecule has 1 aliphatic heterocycles. The first kappa shape index (κ1) is 21.0. The van der Waals surface area contributed by atoms with Gasteiger partial charge in [-0.2, -0.15) is 8.42 Å². The van der Waals surface area contributed by atoms with Crippen LogP contribution in [0.15, 0.2) is 72.9 Å². The van der Waals surface area contributed by atoms with Crippen LogP contribution in [0.3, 0.4) is 0 Å². The molecule has 1 atom stereocenters. The number of aliphatic hydroxyl groups excluding tert-OH is 1. The lowest BCUT2D eigenvalue weighted by Gasteiger charge is -2.17. The van der Waals surface area contributed by atoms with Crippen molar-refractivity contribution in [3.8, 4) is 23.1 Å². The van der Waals surface area contributed by atoms with Crippen molar-refractivity contribution in [3.63, 3.8) is 0 Å². The average molecular weight is 468 g/mol. The van der Waals surface area contributed by atoms with Crippen LogP contribution < -0.4 is 23.2 Å². The zero-order chi connectivity index (χ0) is 23.0. The predicted molar refractivity (Wildman–Crippen MR) is 121 cm³/mol. The molecular formula is C23H21N3O6S. The Kier molecular flexibility index (Phi) is 5.21. The summed E-state index contributed by atoms with van der Waals surface area (Å²) < 4.78 is 44.3. The second kappa shape index (κ2) is 8.21. The molecule has 0 fully saturated rings. The fourth-order valence-corrected chi connectivity index (χ4v) is 4.97. The van der Waals surface area contributed by atoms with Gasteiger partial charge in [0.05, 0.1) is 25.2 Å². The van der Waals surface area contributed by atoms with Gasteiger partial charge in [0, 0.05) is 11.6 Å². The number of fused-ring (bicyclic) bond motifs is 1. The maximum Gasteiger partial charge on any atom is 0.330 e. The van der Waals surface area contributed by atoms with E-state index in [0.29, 0.717) is 23.1 Å². The number of aromatic nitrogens is 1. The molecular weight excluding hydrogens is 446 g/mol. The third kappa shape index (κ3) is 4.12. The van der Waals surface area contributed by atoms with Crippen LogP contribution in [0.5, 0.6) is 23.1 Å². The second-order valence-corrected chi connectivity index (χ2v) is 9.07. The third-order valence-corrected chi connectivity index (χ3v) is 6.72. The van der Waals surface area contributed by atoms with Gasteiger partial charge >= 0.3 is 10.2 Å². The van der Waals surface area contributed by atoms with Crippen molar-refractivity contribution in [2.75, 3.05) is 11.4 Å². The van der Waals surface area contributed by atoms with Gasteiger partial charge in [-0.15, -0.1) is 0 Å². The monoisotopic (exact) mass is 467 g/mol. The summed E-state index contributed by atoms with van der Waals surface area (Å²) in [5, 5.41) is 9.46. The van der Waals surface area contributed by atoms with Gasteiger partial charge < -0.3 is 19.3 Å². The molecule has 1 aromatic heterocycles. The zero-order valence-electron chi connectivity index (χ0n) is 17.6. The van der Waals surface area contributed by atoms with Crippen LogP contribution in [0.1, 0.15) is 23.7 Å². The van der Waals surface area contributed by atoms with Crippen molar-refractivity contribution in [3.05, 3.63) is 84.0 Å². The number of hydrogen-bond donors (Lipinski definition) is 2. The van der Waals surface area contributed by atoms with Crippen molar-refractivity contribution in [1.82, 2.24) is 9.71 Å². The van der Waals surface area contributed by atoms with E-state index in [2.05, 4.69) is 4.98 Å². The Hall–Kier alpha value is -3.92. The summed E-state index contributed by atoms with van der Waals surface area (Å²) in [5.74, 6) is 2.09. The van der Waals surface area contributed by atoms with Gasteiger partial charge in [0.2, 0.25) is 11.8 Å². The molecule has 0 unspecified atom stereocenters. The van der Waals surface area contributed by atoms with Crippen LogP contribution in [0.4, 0.5) is 5.69 Å². The van der Waals surface area contributed by atoms with Crippen LogP contribution in [0.25, 0.3) is 0 Å². The molecule has 2 heterocycles. The second-order valence-electron chi connectivity index (χ2n) is 7.52. The lowest BCUT2D eigenvalue weighted by Crippen LogP contribution is -2.29. The highest BCUT2D eigenvalue weighted by atomic mass is 32.2. The number of nitrogens with zero attached hydrogens (tertiary/aromatic N) is 2. The summed E-state index contributed by atoms with van der Waals surface area (Å²) in [6, 6.07) is 16.1. The molecule has 0 spiro atoms. The molecule has 1 aliphatic carbocycles. The summed E-state index contributed by atoms with van der Waals surface area (Å²) in [6.07, 6.45) is 4.18. The highest BCUT2D eigenvalue weighted by molar-refractivity contribution is 7.91. The number of hydrogen-bond acceptors (Lipinski definition) is 7. The van der Waals surface area contributed by atoms with Gasteiger partial charge in [-0.05, 0) is 54.8 Å². The number of rotatable bonds is 6.